The van der Waals surface area contributed by atoms with Crippen molar-refractivity contribution in [1.82, 2.24) is 19.8 Å². The van der Waals surface area contributed by atoms with Crippen LogP contribution < -0.4 is 14.4 Å². The van der Waals surface area contributed by atoms with Crippen molar-refractivity contribution in [1.29, 1.82) is 0 Å². The second kappa shape index (κ2) is 18.2. The lowest BCUT2D eigenvalue weighted by Crippen LogP contribution is -2.45. The highest BCUT2D eigenvalue weighted by Gasteiger charge is 2.45. The first-order valence-corrected chi connectivity index (χ1v) is 25.0. The van der Waals surface area contributed by atoms with E-state index in [1.165, 1.54) is 13.2 Å². The molecule has 0 radical (unpaired) electrons. The van der Waals surface area contributed by atoms with Gasteiger partial charge in [-0.15, -0.1) is 5.54 Å². The molecule has 3 fully saturated rings. The standard InChI is InChI=1S/C50H67F2N5O5Si/c1-31(2)63(32(3)4,33(5)6)24-20-39-42(51)18-13-34-25-37(61-30-59-12)26-41(43(34)39)38-16-17-40-45(44(38)52)53-47(60-29-50(21-22-50)28-55(10)11)54-46(40)56-23-19-35-14-15-36(27-56)57(35)48(58)62-49(7,8)9/h13,16-18,25-26,31-33,35-36H,14-15,19,21-23,27-30H2,1-12H3/t35-,36+/m1/s1. The van der Waals surface area contributed by atoms with E-state index < -0.39 is 25.3 Å². The zero-order valence-electron chi connectivity index (χ0n) is 39.5. The molecule has 63 heavy (non-hydrogen) atoms. The molecule has 1 aromatic heterocycles. The van der Waals surface area contributed by atoms with Crippen LogP contribution in [0.4, 0.5) is 19.4 Å². The van der Waals surface area contributed by atoms with E-state index in [0.717, 1.165) is 32.2 Å². The van der Waals surface area contributed by atoms with Gasteiger partial charge in [-0.05, 0) is 119 Å². The summed E-state index contributed by atoms with van der Waals surface area (Å²) < 4.78 is 57.8. The molecule has 2 saturated heterocycles. The Labute approximate surface area is 374 Å². The van der Waals surface area contributed by atoms with Gasteiger partial charge < -0.3 is 33.6 Å². The first kappa shape index (κ1) is 46.5. The summed E-state index contributed by atoms with van der Waals surface area (Å²) in [6.45, 7) is 21.3. The van der Waals surface area contributed by atoms with E-state index in [1.54, 1.807) is 18.2 Å². The molecule has 1 saturated carbocycles. The molecule has 2 atom stereocenters. The zero-order chi connectivity index (χ0) is 45.6. The van der Waals surface area contributed by atoms with Gasteiger partial charge >= 0.3 is 12.1 Å². The van der Waals surface area contributed by atoms with Gasteiger partial charge in [0.05, 0.1) is 18.2 Å². The first-order chi connectivity index (χ1) is 29.8. The molecule has 3 heterocycles. The lowest BCUT2D eigenvalue weighted by molar-refractivity contribution is 0.0162. The Morgan fingerprint density at radius 3 is 2.27 bits per heavy atom. The third-order valence-electron chi connectivity index (χ3n) is 13.5. The molecule has 1 aliphatic carbocycles. The van der Waals surface area contributed by atoms with E-state index in [4.69, 9.17) is 28.9 Å². The van der Waals surface area contributed by atoms with Gasteiger partial charge in [-0.2, -0.15) is 9.97 Å². The van der Waals surface area contributed by atoms with Gasteiger partial charge in [-0.3, -0.25) is 0 Å². The van der Waals surface area contributed by atoms with Crippen molar-refractivity contribution >= 4 is 41.7 Å². The Balaban J connectivity index is 1.40. The Kier molecular flexibility index (Phi) is 13.4. The maximum atomic E-state index is 17.9. The van der Waals surface area contributed by atoms with Crippen LogP contribution in [0.15, 0.2) is 36.4 Å². The topological polar surface area (TPSA) is 89.5 Å². The van der Waals surface area contributed by atoms with Gasteiger partial charge in [-0.25, -0.2) is 13.6 Å². The van der Waals surface area contributed by atoms with Crippen molar-refractivity contribution < 1.29 is 32.5 Å². The summed E-state index contributed by atoms with van der Waals surface area (Å²) >= 11 is 0. The quantitative estimate of drug-likeness (QED) is 0.0740. The number of hydrogen-bond donors (Lipinski definition) is 0. The smallest absolute Gasteiger partial charge is 0.410 e. The normalized spacial score (nSPS) is 18.7. The molecule has 0 spiro atoms. The molecule has 2 aliphatic heterocycles. The van der Waals surface area contributed by atoms with Gasteiger partial charge in [-0.1, -0.05) is 59.6 Å². The molecular formula is C50H67F2N5O5Si. The third-order valence-corrected chi connectivity index (χ3v) is 19.8. The number of nitrogens with zero attached hydrogens (tertiary/aromatic N) is 5. The van der Waals surface area contributed by atoms with Crippen LogP contribution in [-0.2, 0) is 9.47 Å². The Hall–Kier alpha value is -4.51. The van der Waals surface area contributed by atoms with E-state index in [2.05, 4.69) is 62.8 Å². The highest BCUT2D eigenvalue weighted by atomic mass is 28.3. The van der Waals surface area contributed by atoms with E-state index >= 15 is 8.78 Å². The van der Waals surface area contributed by atoms with Crippen molar-refractivity contribution in [3.63, 3.8) is 0 Å². The molecule has 7 rings (SSSR count). The molecule has 10 nitrogen and oxygen atoms in total. The van der Waals surface area contributed by atoms with Crippen molar-refractivity contribution in [3.05, 3.63) is 53.6 Å². The molecule has 3 aromatic carbocycles. The molecule has 3 aliphatic rings. The number of hydrogen-bond acceptors (Lipinski definition) is 9. The molecule has 1 amide bonds. The summed E-state index contributed by atoms with van der Waals surface area (Å²) in [6, 6.07) is 10.3. The minimum absolute atomic E-state index is 0.0239. The molecular weight excluding hydrogens is 817 g/mol. The van der Waals surface area contributed by atoms with E-state index in [-0.39, 0.29) is 53.0 Å². The number of ether oxygens (including phenoxy) is 4. The fourth-order valence-corrected chi connectivity index (χ4v) is 15.7. The van der Waals surface area contributed by atoms with E-state index in [0.29, 0.717) is 76.0 Å². The molecule has 13 heteroatoms. The Morgan fingerprint density at radius 2 is 1.63 bits per heavy atom. The lowest BCUT2D eigenvalue weighted by Gasteiger charge is -2.38. The maximum absolute atomic E-state index is 17.9. The van der Waals surface area contributed by atoms with Gasteiger partial charge in [0.25, 0.3) is 0 Å². The number of rotatable bonds is 13. The predicted molar refractivity (Wildman–Crippen MR) is 250 cm³/mol. The van der Waals surface area contributed by atoms with Crippen LogP contribution in [0.5, 0.6) is 11.8 Å². The largest absolute Gasteiger partial charge is 0.468 e. The Bertz CT molecular complexity index is 2380. The zero-order valence-corrected chi connectivity index (χ0v) is 40.5. The van der Waals surface area contributed by atoms with Gasteiger partial charge in [0.15, 0.2) is 12.6 Å². The third kappa shape index (κ3) is 9.50. The van der Waals surface area contributed by atoms with Gasteiger partial charge in [0.2, 0.25) is 0 Å². The number of benzene rings is 3. The monoisotopic (exact) mass is 883 g/mol. The fourth-order valence-electron chi connectivity index (χ4n) is 10.5. The van der Waals surface area contributed by atoms with Crippen LogP contribution in [0.2, 0.25) is 16.6 Å². The minimum atomic E-state index is -2.29. The highest BCUT2D eigenvalue weighted by Crippen LogP contribution is 2.47. The first-order valence-electron chi connectivity index (χ1n) is 22.7. The minimum Gasteiger partial charge on any atom is -0.468 e. The predicted octanol–water partition coefficient (Wildman–Crippen LogP) is 11.0. The van der Waals surface area contributed by atoms with Crippen molar-refractivity contribution in [2.75, 3.05) is 59.1 Å². The van der Waals surface area contributed by atoms with E-state index in [9.17, 15) is 4.79 Å². The average Bonchev–Trinajstić information content (AvgIpc) is 3.88. The maximum Gasteiger partial charge on any atom is 0.410 e. The SMILES string of the molecule is COCOc1cc(-c2ccc3c(N4CC[C@H]5CC[C@@H](C4)N5C(=O)OC(C)(C)C)nc(OCC4(CN(C)C)CC4)nc3c2F)c2c(C#C[Si](C(C)C)(C(C)C)C(C)C)c(F)ccc2c1. The number of aromatic nitrogens is 2. The van der Waals surface area contributed by atoms with Crippen molar-refractivity contribution in [2.24, 2.45) is 5.41 Å². The number of halogens is 2. The number of methoxy groups -OCH3 is 1. The number of anilines is 1. The molecule has 0 N–H and O–H groups in total. The molecule has 2 bridgehead atoms. The summed E-state index contributed by atoms with van der Waals surface area (Å²) in [5.41, 5.74) is 5.03. The summed E-state index contributed by atoms with van der Waals surface area (Å²) in [5, 5.41) is 1.68. The number of carbonyl (C=O) groups excluding carboxylic acids is 1. The van der Waals surface area contributed by atoms with Crippen LogP contribution in [0.1, 0.15) is 100.0 Å². The fraction of sp³-hybridized carbons (Fsp3) is 0.580. The summed E-state index contributed by atoms with van der Waals surface area (Å²) in [7, 11) is 3.35. The Morgan fingerprint density at radius 1 is 0.937 bits per heavy atom. The summed E-state index contributed by atoms with van der Waals surface area (Å²) in [4.78, 5) is 29.6. The summed E-state index contributed by atoms with van der Waals surface area (Å²) in [5.74, 6) is 3.31. The van der Waals surface area contributed by atoms with Crippen LogP contribution in [0, 0.1) is 28.5 Å². The van der Waals surface area contributed by atoms with Crippen LogP contribution in [0.25, 0.3) is 32.8 Å². The van der Waals surface area contributed by atoms with Crippen LogP contribution >= 0.6 is 0 Å². The van der Waals surface area contributed by atoms with Crippen molar-refractivity contribution in [2.45, 2.75) is 129 Å². The van der Waals surface area contributed by atoms with Crippen molar-refractivity contribution in [3.8, 4) is 34.4 Å². The van der Waals surface area contributed by atoms with E-state index in [1.807, 2.05) is 51.9 Å². The number of amides is 1. The molecule has 340 valence electrons. The average molecular weight is 884 g/mol. The molecule has 4 aromatic rings. The highest BCUT2D eigenvalue weighted by molar-refractivity contribution is 6.90. The van der Waals surface area contributed by atoms with Crippen LogP contribution in [0.3, 0.4) is 0 Å². The number of carbonyl (C=O) groups is 1. The molecule has 0 unspecified atom stereocenters. The van der Waals surface area contributed by atoms with Gasteiger partial charge in [0.1, 0.15) is 36.6 Å². The van der Waals surface area contributed by atoms with Gasteiger partial charge in [0, 0.05) is 54.5 Å². The lowest BCUT2D eigenvalue weighted by atomic mass is 9.93. The second-order valence-electron chi connectivity index (χ2n) is 20.4. The summed E-state index contributed by atoms with van der Waals surface area (Å²) in [6.07, 6.45) is 4.15. The second-order valence-corrected chi connectivity index (χ2v) is 26.0. The number of fused-ring (bicyclic) bond motifs is 4. The van der Waals surface area contributed by atoms with Crippen LogP contribution in [-0.4, -0.2) is 106 Å².